The highest BCUT2D eigenvalue weighted by Crippen LogP contribution is 2.35. The first-order chi connectivity index (χ1) is 17.1. The van der Waals surface area contributed by atoms with Gasteiger partial charge in [0.05, 0.1) is 29.3 Å². The summed E-state index contributed by atoms with van der Waals surface area (Å²) in [6, 6.07) is 11.1. The Morgan fingerprint density at radius 2 is 1.97 bits per heavy atom. The smallest absolute Gasteiger partial charge is 0.176 e. The number of anilines is 1. The van der Waals surface area contributed by atoms with Crippen molar-refractivity contribution in [2.24, 2.45) is 5.73 Å². The Kier molecular flexibility index (Phi) is 4.41. The van der Waals surface area contributed by atoms with Crippen LogP contribution in [0.5, 0.6) is 0 Å². The van der Waals surface area contributed by atoms with Crippen LogP contribution in [0.3, 0.4) is 0 Å². The third-order valence-corrected chi connectivity index (χ3v) is 7.06. The Morgan fingerprint density at radius 1 is 1.06 bits per heavy atom. The zero-order valence-corrected chi connectivity index (χ0v) is 19.1. The fourth-order valence-electron chi connectivity index (χ4n) is 4.39. The molecule has 1 saturated heterocycles. The Labute approximate surface area is 201 Å². The minimum Gasteiger partial charge on any atom is -0.352 e. The standard InChI is InChI=1S/C24H18FN9S/c25-20-4-3-19(35-20)13-5-6-28-24-14(13)7-17(31-24)23-22-16(32-33-23)2-1-15(30-22)18-8-27-9-21(29-18)34-10-12(26)11-34/h1-9,12H,10-11,26H2,(H,28,31)(H,32,33). The van der Waals surface area contributed by atoms with Gasteiger partial charge in [-0.2, -0.15) is 9.49 Å². The van der Waals surface area contributed by atoms with Gasteiger partial charge >= 0.3 is 0 Å². The number of aromatic amines is 2. The highest BCUT2D eigenvalue weighted by atomic mass is 32.1. The maximum atomic E-state index is 13.7. The molecule has 0 aromatic carbocycles. The van der Waals surface area contributed by atoms with Crippen molar-refractivity contribution in [1.29, 1.82) is 0 Å². The zero-order valence-electron chi connectivity index (χ0n) is 18.2. The second-order valence-electron chi connectivity index (χ2n) is 8.50. The highest BCUT2D eigenvalue weighted by molar-refractivity contribution is 7.14. The second-order valence-corrected chi connectivity index (χ2v) is 9.53. The molecule has 35 heavy (non-hydrogen) atoms. The molecule has 1 aliphatic rings. The topological polar surface area (TPSA) is 125 Å². The molecule has 11 heteroatoms. The average Bonchev–Trinajstić information content (AvgIpc) is 3.59. The largest absolute Gasteiger partial charge is 0.352 e. The molecule has 6 aromatic heterocycles. The molecule has 4 N–H and O–H groups in total. The third-order valence-electron chi connectivity index (χ3n) is 6.15. The van der Waals surface area contributed by atoms with Crippen LogP contribution in [0.25, 0.3) is 55.3 Å². The molecule has 0 amide bonds. The number of nitrogens with one attached hydrogen (secondary N) is 2. The molecule has 0 aliphatic carbocycles. The predicted molar refractivity (Wildman–Crippen MR) is 133 cm³/mol. The normalized spacial score (nSPS) is 14.2. The quantitative estimate of drug-likeness (QED) is 0.346. The number of hydrogen-bond donors (Lipinski definition) is 3. The molecule has 0 atom stereocenters. The van der Waals surface area contributed by atoms with E-state index >= 15 is 0 Å². The van der Waals surface area contributed by atoms with Crippen molar-refractivity contribution in [2.45, 2.75) is 6.04 Å². The van der Waals surface area contributed by atoms with Crippen molar-refractivity contribution in [3.63, 3.8) is 0 Å². The fraction of sp³-hybridized carbons (Fsp3) is 0.125. The predicted octanol–water partition coefficient (Wildman–Crippen LogP) is 3.97. The van der Waals surface area contributed by atoms with Gasteiger partial charge in [-0.25, -0.2) is 15.0 Å². The van der Waals surface area contributed by atoms with E-state index in [1.165, 1.54) is 6.07 Å². The summed E-state index contributed by atoms with van der Waals surface area (Å²) in [5.74, 6) is 0.790. The van der Waals surface area contributed by atoms with Crippen LogP contribution in [0.15, 0.2) is 55.0 Å². The number of halogens is 1. The van der Waals surface area contributed by atoms with Crippen molar-refractivity contribution in [1.82, 2.24) is 35.1 Å². The number of rotatable bonds is 4. The van der Waals surface area contributed by atoms with E-state index in [0.29, 0.717) is 28.2 Å². The van der Waals surface area contributed by atoms with Gasteiger partial charge in [0, 0.05) is 41.2 Å². The van der Waals surface area contributed by atoms with Crippen molar-refractivity contribution in [2.75, 3.05) is 18.0 Å². The van der Waals surface area contributed by atoms with Crippen molar-refractivity contribution in [3.05, 3.63) is 60.1 Å². The van der Waals surface area contributed by atoms with Gasteiger partial charge in [-0.3, -0.25) is 10.1 Å². The summed E-state index contributed by atoms with van der Waals surface area (Å²) in [4.78, 5) is 24.7. The Hall–Kier alpha value is -4.22. The molecular weight excluding hydrogens is 465 g/mol. The van der Waals surface area contributed by atoms with Gasteiger partial charge in [0.1, 0.15) is 28.4 Å². The van der Waals surface area contributed by atoms with E-state index in [9.17, 15) is 4.39 Å². The summed E-state index contributed by atoms with van der Waals surface area (Å²) in [5.41, 5.74) is 11.8. The van der Waals surface area contributed by atoms with E-state index in [2.05, 4.69) is 30.0 Å². The maximum absolute atomic E-state index is 13.7. The van der Waals surface area contributed by atoms with Gasteiger partial charge in [-0.05, 0) is 36.4 Å². The van der Waals surface area contributed by atoms with E-state index in [1.54, 1.807) is 24.7 Å². The van der Waals surface area contributed by atoms with Gasteiger partial charge in [0.15, 0.2) is 5.13 Å². The first-order valence-corrected chi connectivity index (χ1v) is 11.9. The number of nitrogens with two attached hydrogens (primary N) is 1. The van der Waals surface area contributed by atoms with E-state index in [4.69, 9.17) is 15.7 Å². The molecule has 0 bridgehead atoms. The Bertz CT molecular complexity index is 1710. The molecule has 7 heterocycles. The number of hydrogen-bond acceptors (Lipinski definition) is 8. The Morgan fingerprint density at radius 3 is 2.80 bits per heavy atom. The van der Waals surface area contributed by atoms with E-state index in [-0.39, 0.29) is 11.2 Å². The SMILES string of the molecule is NC1CN(c2cncc(-c3ccc4[nH]nc(-c5cc6c(-c7ccc(F)s7)ccnc6[nH]5)c4n3)n2)C1. The number of nitrogens with zero attached hydrogens (tertiary/aromatic N) is 6. The molecule has 6 aromatic rings. The molecule has 0 saturated carbocycles. The average molecular weight is 484 g/mol. The second kappa shape index (κ2) is 7.65. The van der Waals surface area contributed by atoms with Crippen LogP contribution in [0.2, 0.25) is 0 Å². The minimum absolute atomic E-state index is 0.175. The summed E-state index contributed by atoms with van der Waals surface area (Å²) in [7, 11) is 0. The minimum atomic E-state index is -0.222. The van der Waals surface area contributed by atoms with Crippen molar-refractivity contribution >= 4 is 39.2 Å². The molecule has 0 radical (unpaired) electrons. The van der Waals surface area contributed by atoms with E-state index in [1.807, 2.05) is 24.3 Å². The van der Waals surface area contributed by atoms with E-state index < -0.39 is 0 Å². The number of thiophene rings is 1. The molecule has 1 fully saturated rings. The molecular formula is C24H18FN9S. The van der Waals surface area contributed by atoms with Crippen LogP contribution in [-0.2, 0) is 0 Å². The summed E-state index contributed by atoms with van der Waals surface area (Å²) >= 11 is 1.11. The van der Waals surface area contributed by atoms with E-state index in [0.717, 1.165) is 57.3 Å². The van der Waals surface area contributed by atoms with Gasteiger partial charge in [0.25, 0.3) is 0 Å². The highest BCUT2D eigenvalue weighted by Gasteiger charge is 2.25. The fourth-order valence-corrected chi connectivity index (χ4v) is 5.16. The molecule has 0 spiro atoms. The van der Waals surface area contributed by atoms with Crippen LogP contribution in [0, 0.1) is 5.13 Å². The van der Waals surface area contributed by atoms with Crippen LogP contribution in [0.1, 0.15) is 0 Å². The molecule has 0 unspecified atom stereocenters. The van der Waals surface area contributed by atoms with Crippen LogP contribution in [-0.4, -0.2) is 54.2 Å². The van der Waals surface area contributed by atoms with Crippen LogP contribution < -0.4 is 10.6 Å². The molecule has 9 nitrogen and oxygen atoms in total. The van der Waals surface area contributed by atoms with Gasteiger partial charge < -0.3 is 15.6 Å². The zero-order chi connectivity index (χ0) is 23.5. The molecule has 1 aliphatic heterocycles. The van der Waals surface area contributed by atoms with Gasteiger partial charge in [0.2, 0.25) is 0 Å². The van der Waals surface area contributed by atoms with Crippen molar-refractivity contribution < 1.29 is 4.39 Å². The summed E-state index contributed by atoms with van der Waals surface area (Å²) < 4.78 is 13.7. The first kappa shape index (κ1) is 20.2. The van der Waals surface area contributed by atoms with Crippen LogP contribution >= 0.6 is 11.3 Å². The lowest BCUT2D eigenvalue weighted by atomic mass is 10.1. The molecule has 172 valence electrons. The lowest BCUT2D eigenvalue weighted by Crippen LogP contribution is -2.56. The number of fused-ring (bicyclic) bond motifs is 2. The summed E-state index contributed by atoms with van der Waals surface area (Å²) in [6.45, 7) is 1.54. The lowest BCUT2D eigenvalue weighted by molar-refractivity contribution is 0.514. The summed E-state index contributed by atoms with van der Waals surface area (Å²) in [5, 5.41) is 8.24. The summed E-state index contributed by atoms with van der Waals surface area (Å²) in [6.07, 6.45) is 5.16. The van der Waals surface area contributed by atoms with Crippen molar-refractivity contribution in [3.8, 4) is 33.2 Å². The first-order valence-electron chi connectivity index (χ1n) is 11.0. The monoisotopic (exact) mass is 483 g/mol. The number of pyridine rings is 2. The third kappa shape index (κ3) is 3.35. The maximum Gasteiger partial charge on any atom is 0.176 e. The Balaban J connectivity index is 1.31. The molecule has 7 rings (SSSR count). The van der Waals surface area contributed by atoms with Crippen LogP contribution in [0.4, 0.5) is 10.2 Å². The van der Waals surface area contributed by atoms with Gasteiger partial charge in [-0.1, -0.05) is 0 Å². The number of H-pyrrole nitrogens is 2. The van der Waals surface area contributed by atoms with Gasteiger partial charge in [-0.15, -0.1) is 11.3 Å². The lowest BCUT2D eigenvalue weighted by Gasteiger charge is -2.37. The number of aromatic nitrogens is 7.